The van der Waals surface area contributed by atoms with Crippen LogP contribution in [0.15, 0.2) is 66.9 Å². The third-order valence-electron chi connectivity index (χ3n) is 6.47. The zero-order valence-corrected chi connectivity index (χ0v) is 21.4. The summed E-state index contributed by atoms with van der Waals surface area (Å²) in [5.74, 6) is -2.32. The first-order chi connectivity index (χ1) is 18.1. The van der Waals surface area contributed by atoms with Gasteiger partial charge in [0.2, 0.25) is 0 Å². The lowest BCUT2D eigenvalue weighted by molar-refractivity contribution is -0.192. The van der Waals surface area contributed by atoms with E-state index in [1.807, 2.05) is 6.07 Å². The zero-order chi connectivity index (χ0) is 27.7. The van der Waals surface area contributed by atoms with E-state index in [4.69, 9.17) is 9.90 Å². The molecule has 6 nitrogen and oxygen atoms in total. The number of pyridine rings is 1. The molecule has 1 heterocycles. The highest BCUT2D eigenvalue weighted by Gasteiger charge is 2.38. The number of carboxylic acid groups (broad SMARTS) is 1. The van der Waals surface area contributed by atoms with Gasteiger partial charge in [0.15, 0.2) is 0 Å². The summed E-state index contributed by atoms with van der Waals surface area (Å²) in [4.78, 5) is 25.8. The smallest absolute Gasteiger partial charge is 0.475 e. The third-order valence-corrected chi connectivity index (χ3v) is 6.47. The highest BCUT2D eigenvalue weighted by molar-refractivity contribution is 5.95. The quantitative estimate of drug-likeness (QED) is 0.364. The number of carbonyl (C=O) groups excluding carboxylic acids is 1. The van der Waals surface area contributed by atoms with E-state index >= 15 is 0 Å². The molecule has 0 fully saturated rings. The van der Waals surface area contributed by atoms with Gasteiger partial charge in [-0.15, -0.1) is 0 Å². The number of carbonyl (C=O) groups is 2. The second-order valence-corrected chi connectivity index (χ2v) is 9.41. The minimum atomic E-state index is -5.08. The van der Waals surface area contributed by atoms with Gasteiger partial charge in [-0.1, -0.05) is 68.8 Å². The first kappa shape index (κ1) is 28.8. The Morgan fingerprint density at radius 1 is 1.05 bits per heavy atom. The minimum absolute atomic E-state index is 0.0395. The van der Waals surface area contributed by atoms with Crippen molar-refractivity contribution in [2.75, 3.05) is 6.54 Å². The van der Waals surface area contributed by atoms with Crippen molar-refractivity contribution in [3.8, 4) is 11.3 Å². The Labute approximate surface area is 220 Å². The normalized spacial score (nSPS) is 13.7. The first-order valence-electron chi connectivity index (χ1n) is 12.5. The van der Waals surface area contributed by atoms with Crippen LogP contribution in [0.1, 0.15) is 47.3 Å². The summed E-state index contributed by atoms with van der Waals surface area (Å²) < 4.78 is 31.7. The Morgan fingerprint density at radius 3 is 2.21 bits per heavy atom. The predicted molar refractivity (Wildman–Crippen MR) is 140 cm³/mol. The van der Waals surface area contributed by atoms with Crippen molar-refractivity contribution in [2.24, 2.45) is 5.92 Å². The molecule has 0 unspecified atom stereocenters. The number of halogens is 3. The molecule has 0 saturated carbocycles. The monoisotopic (exact) mass is 527 g/mol. The van der Waals surface area contributed by atoms with Gasteiger partial charge in [-0.2, -0.15) is 13.2 Å². The number of nitrogens with one attached hydrogen (secondary N) is 2. The summed E-state index contributed by atoms with van der Waals surface area (Å²) in [6.07, 6.45) is -0.119. The molecule has 1 aliphatic rings. The number of carboxylic acids is 1. The molecular formula is C29H32F3N3O3. The number of hydrogen-bond acceptors (Lipinski definition) is 4. The Hall–Kier alpha value is -3.72. The highest BCUT2D eigenvalue weighted by atomic mass is 19.4. The van der Waals surface area contributed by atoms with Crippen LogP contribution in [-0.4, -0.2) is 40.7 Å². The second-order valence-electron chi connectivity index (χ2n) is 9.41. The molecule has 1 amide bonds. The van der Waals surface area contributed by atoms with Crippen molar-refractivity contribution in [3.63, 3.8) is 0 Å². The number of fused-ring (bicyclic) bond motifs is 1. The summed E-state index contributed by atoms with van der Waals surface area (Å²) in [6, 6.07) is 21.3. The molecule has 202 valence electrons. The van der Waals surface area contributed by atoms with E-state index in [2.05, 4.69) is 78.0 Å². The fourth-order valence-electron chi connectivity index (χ4n) is 4.00. The Balaban J connectivity index is 0.000000505. The summed E-state index contributed by atoms with van der Waals surface area (Å²) >= 11 is 0. The fourth-order valence-corrected chi connectivity index (χ4v) is 4.00. The number of alkyl halides is 3. The van der Waals surface area contributed by atoms with Gasteiger partial charge in [-0.05, 0) is 47.6 Å². The summed E-state index contributed by atoms with van der Waals surface area (Å²) in [7, 11) is 0. The average Bonchev–Trinajstić information content (AvgIpc) is 3.33. The maximum atomic E-state index is 12.4. The van der Waals surface area contributed by atoms with Crippen LogP contribution in [0.2, 0.25) is 0 Å². The fraction of sp³-hybridized carbons (Fsp3) is 0.345. The molecule has 0 aliphatic heterocycles. The van der Waals surface area contributed by atoms with E-state index in [0.29, 0.717) is 24.1 Å². The number of aliphatic carboxylic acids is 1. The molecule has 0 spiro atoms. The van der Waals surface area contributed by atoms with Crippen LogP contribution in [0.25, 0.3) is 11.3 Å². The van der Waals surface area contributed by atoms with Gasteiger partial charge in [0, 0.05) is 36.5 Å². The van der Waals surface area contributed by atoms with Gasteiger partial charge in [-0.25, -0.2) is 4.79 Å². The van der Waals surface area contributed by atoms with Crippen LogP contribution in [0.5, 0.6) is 0 Å². The molecule has 1 aliphatic carbocycles. The number of amides is 1. The Bertz CT molecular complexity index is 1200. The number of hydrogen-bond donors (Lipinski definition) is 3. The molecule has 4 rings (SSSR count). The predicted octanol–water partition coefficient (Wildman–Crippen LogP) is 5.41. The largest absolute Gasteiger partial charge is 0.490 e. The van der Waals surface area contributed by atoms with Crippen LogP contribution in [0.3, 0.4) is 0 Å². The van der Waals surface area contributed by atoms with E-state index in [1.54, 1.807) is 12.3 Å². The van der Waals surface area contributed by atoms with Crippen molar-refractivity contribution >= 4 is 11.9 Å². The van der Waals surface area contributed by atoms with Crippen LogP contribution in [-0.2, 0) is 24.2 Å². The van der Waals surface area contributed by atoms with Gasteiger partial charge in [0.05, 0.1) is 5.69 Å². The van der Waals surface area contributed by atoms with Crippen LogP contribution in [0.4, 0.5) is 13.2 Å². The zero-order valence-electron chi connectivity index (χ0n) is 21.4. The molecule has 3 aromatic rings. The van der Waals surface area contributed by atoms with Crippen molar-refractivity contribution in [1.29, 1.82) is 0 Å². The maximum absolute atomic E-state index is 12.4. The van der Waals surface area contributed by atoms with Gasteiger partial charge in [0.1, 0.15) is 0 Å². The Morgan fingerprint density at radius 2 is 1.66 bits per heavy atom. The van der Waals surface area contributed by atoms with E-state index in [9.17, 15) is 18.0 Å². The number of aromatic nitrogens is 1. The van der Waals surface area contributed by atoms with E-state index in [-0.39, 0.29) is 5.91 Å². The van der Waals surface area contributed by atoms with Crippen molar-refractivity contribution in [3.05, 3.63) is 89.1 Å². The van der Waals surface area contributed by atoms with Crippen LogP contribution in [0, 0.1) is 5.92 Å². The summed E-state index contributed by atoms with van der Waals surface area (Å²) in [6.45, 7) is 5.82. The number of benzene rings is 2. The highest BCUT2D eigenvalue weighted by Crippen LogP contribution is 2.23. The van der Waals surface area contributed by atoms with Crippen molar-refractivity contribution in [1.82, 2.24) is 15.6 Å². The molecular weight excluding hydrogens is 495 g/mol. The molecule has 2 aromatic carbocycles. The molecule has 0 saturated heterocycles. The molecule has 1 aromatic heterocycles. The topological polar surface area (TPSA) is 91.3 Å². The minimum Gasteiger partial charge on any atom is -0.475 e. The molecule has 1 atom stereocenters. The van der Waals surface area contributed by atoms with Gasteiger partial charge < -0.3 is 15.7 Å². The van der Waals surface area contributed by atoms with Gasteiger partial charge >= 0.3 is 12.1 Å². The maximum Gasteiger partial charge on any atom is 0.490 e. The average molecular weight is 528 g/mol. The number of rotatable bonds is 8. The lowest BCUT2D eigenvalue weighted by Crippen LogP contribution is -2.28. The molecule has 9 heteroatoms. The molecule has 38 heavy (non-hydrogen) atoms. The van der Waals surface area contributed by atoms with Gasteiger partial charge in [0.25, 0.3) is 5.91 Å². The molecule has 3 N–H and O–H groups in total. The molecule has 0 bridgehead atoms. The van der Waals surface area contributed by atoms with E-state index < -0.39 is 12.1 Å². The lowest BCUT2D eigenvalue weighted by atomic mass is 10.1. The standard InChI is InChI=1S/C27H31N3O.C2HF3O2/c1-3-19(2)17-30-27(31)24-12-13-28-26(16-24)21-10-8-20(9-11-21)18-29-25-14-22-6-4-5-7-23(22)15-25;3-2(4,5)1(6)7/h4-13,16,19,25,29H,3,14-15,17-18H2,1-2H3,(H,30,31);(H,6,7)/t19-;/m0./s1. The SMILES string of the molecule is CC[C@H](C)CNC(=O)c1ccnc(-c2ccc(CNC3Cc4ccccc4C3)cc2)c1.O=C(O)C(F)(F)F. The third kappa shape index (κ3) is 8.41. The van der Waals surface area contributed by atoms with Crippen molar-refractivity contribution < 1.29 is 27.9 Å². The number of nitrogens with zero attached hydrogens (tertiary/aromatic N) is 1. The van der Waals surface area contributed by atoms with Crippen LogP contribution < -0.4 is 10.6 Å². The second kappa shape index (κ2) is 13.2. The summed E-state index contributed by atoms with van der Waals surface area (Å²) in [5.41, 5.74) is 6.68. The first-order valence-corrected chi connectivity index (χ1v) is 12.5. The van der Waals surface area contributed by atoms with Gasteiger partial charge in [-0.3, -0.25) is 9.78 Å². The molecule has 0 radical (unpaired) electrons. The van der Waals surface area contributed by atoms with E-state index in [1.165, 1.54) is 16.7 Å². The summed E-state index contributed by atoms with van der Waals surface area (Å²) in [5, 5.41) is 13.8. The Kier molecular flexibility index (Phi) is 10.0. The van der Waals surface area contributed by atoms with Crippen LogP contribution >= 0.6 is 0 Å². The van der Waals surface area contributed by atoms with Crippen molar-refractivity contribution in [2.45, 2.75) is 51.9 Å². The van der Waals surface area contributed by atoms with E-state index in [0.717, 1.165) is 37.1 Å². The lowest BCUT2D eigenvalue weighted by Gasteiger charge is -2.12.